The van der Waals surface area contributed by atoms with E-state index in [0.717, 1.165) is 12.8 Å². The van der Waals surface area contributed by atoms with Crippen molar-refractivity contribution in [2.75, 3.05) is 0 Å². The number of hydrogen-bond acceptors (Lipinski definition) is 2. The molecule has 0 saturated heterocycles. The summed E-state index contributed by atoms with van der Waals surface area (Å²) in [5.74, 6) is 0. The number of aliphatic hydroxyl groups is 1. The molecular formula is C12H16OS. The topological polar surface area (TPSA) is 20.2 Å². The fraction of sp³-hybridized carbons (Fsp3) is 0.500. The summed E-state index contributed by atoms with van der Waals surface area (Å²) in [6, 6.07) is 8.51. The molecule has 1 saturated carbocycles. The van der Waals surface area contributed by atoms with Gasteiger partial charge >= 0.3 is 0 Å². The molecule has 1 aliphatic carbocycles. The highest BCUT2D eigenvalue weighted by molar-refractivity contribution is 8.00. The Balaban J connectivity index is 2.03. The van der Waals surface area contributed by atoms with E-state index in [1.807, 2.05) is 11.8 Å². The fourth-order valence-corrected chi connectivity index (χ4v) is 3.25. The van der Waals surface area contributed by atoms with Crippen LogP contribution in [0.3, 0.4) is 0 Å². The SMILES string of the molecule is Cc1cccc(SC2CCCC2O)c1. The predicted octanol–water partition coefficient (Wildman–Crippen LogP) is 3.00. The second-order valence-electron chi connectivity index (χ2n) is 3.97. The summed E-state index contributed by atoms with van der Waals surface area (Å²) in [6.45, 7) is 2.11. The Morgan fingerprint density at radius 1 is 1.36 bits per heavy atom. The van der Waals surface area contributed by atoms with E-state index in [-0.39, 0.29) is 6.10 Å². The van der Waals surface area contributed by atoms with Crippen LogP contribution in [0, 0.1) is 6.92 Å². The third kappa shape index (κ3) is 2.31. The Morgan fingerprint density at radius 2 is 2.21 bits per heavy atom. The van der Waals surface area contributed by atoms with Crippen LogP contribution in [0.25, 0.3) is 0 Å². The molecule has 1 aromatic carbocycles. The second kappa shape index (κ2) is 4.37. The first kappa shape index (κ1) is 10.1. The first-order valence-electron chi connectivity index (χ1n) is 5.17. The summed E-state index contributed by atoms with van der Waals surface area (Å²) in [5, 5.41) is 10.1. The van der Waals surface area contributed by atoms with Crippen molar-refractivity contribution >= 4 is 11.8 Å². The summed E-state index contributed by atoms with van der Waals surface area (Å²) >= 11 is 1.82. The molecule has 76 valence electrons. The summed E-state index contributed by atoms with van der Waals surface area (Å²) < 4.78 is 0. The Labute approximate surface area is 89.5 Å². The standard InChI is InChI=1S/C12H16OS/c1-9-4-2-5-10(8-9)14-12-7-3-6-11(12)13/h2,4-5,8,11-13H,3,6-7H2,1H3. The lowest BCUT2D eigenvalue weighted by Gasteiger charge is -2.13. The molecule has 1 aromatic rings. The minimum absolute atomic E-state index is 0.0967. The van der Waals surface area contributed by atoms with Crippen molar-refractivity contribution in [2.45, 2.75) is 42.4 Å². The maximum Gasteiger partial charge on any atom is 0.0662 e. The molecule has 0 spiro atoms. The smallest absolute Gasteiger partial charge is 0.0662 e. The minimum atomic E-state index is -0.0967. The molecule has 1 nitrogen and oxygen atoms in total. The fourth-order valence-electron chi connectivity index (χ4n) is 1.91. The van der Waals surface area contributed by atoms with Crippen molar-refractivity contribution in [3.63, 3.8) is 0 Å². The van der Waals surface area contributed by atoms with E-state index in [2.05, 4.69) is 31.2 Å². The molecule has 0 amide bonds. The zero-order chi connectivity index (χ0) is 9.97. The van der Waals surface area contributed by atoms with E-state index in [4.69, 9.17) is 0 Å². The van der Waals surface area contributed by atoms with Crippen molar-refractivity contribution in [2.24, 2.45) is 0 Å². The summed E-state index contributed by atoms with van der Waals surface area (Å²) in [4.78, 5) is 1.29. The van der Waals surface area contributed by atoms with Gasteiger partial charge in [0.25, 0.3) is 0 Å². The van der Waals surface area contributed by atoms with E-state index in [9.17, 15) is 5.11 Å². The molecule has 1 fully saturated rings. The minimum Gasteiger partial charge on any atom is -0.392 e. The van der Waals surface area contributed by atoms with Crippen LogP contribution in [0.5, 0.6) is 0 Å². The van der Waals surface area contributed by atoms with Gasteiger partial charge in [-0.05, 0) is 38.3 Å². The number of benzene rings is 1. The number of hydrogen-bond donors (Lipinski definition) is 1. The van der Waals surface area contributed by atoms with Gasteiger partial charge in [-0.15, -0.1) is 11.8 Å². The maximum atomic E-state index is 9.70. The van der Waals surface area contributed by atoms with Gasteiger partial charge < -0.3 is 5.11 Å². The van der Waals surface area contributed by atoms with Gasteiger partial charge in [0, 0.05) is 10.1 Å². The van der Waals surface area contributed by atoms with Crippen LogP contribution in [0.2, 0.25) is 0 Å². The molecular weight excluding hydrogens is 192 g/mol. The lowest BCUT2D eigenvalue weighted by atomic mass is 10.2. The molecule has 0 aliphatic heterocycles. The van der Waals surface area contributed by atoms with E-state index in [1.165, 1.54) is 16.9 Å². The van der Waals surface area contributed by atoms with Gasteiger partial charge in [0.05, 0.1) is 6.10 Å². The van der Waals surface area contributed by atoms with Crippen LogP contribution in [-0.2, 0) is 0 Å². The van der Waals surface area contributed by atoms with Gasteiger partial charge in [-0.3, -0.25) is 0 Å². The van der Waals surface area contributed by atoms with Crippen molar-refractivity contribution in [3.05, 3.63) is 29.8 Å². The molecule has 2 heteroatoms. The third-order valence-electron chi connectivity index (χ3n) is 2.69. The van der Waals surface area contributed by atoms with Crippen molar-refractivity contribution < 1.29 is 5.11 Å². The Morgan fingerprint density at radius 3 is 2.86 bits per heavy atom. The van der Waals surface area contributed by atoms with Crippen LogP contribution >= 0.6 is 11.8 Å². The van der Waals surface area contributed by atoms with Gasteiger partial charge in [-0.2, -0.15) is 0 Å². The molecule has 0 heterocycles. The van der Waals surface area contributed by atoms with E-state index in [1.54, 1.807) is 0 Å². The zero-order valence-corrected chi connectivity index (χ0v) is 9.26. The van der Waals surface area contributed by atoms with Crippen molar-refractivity contribution in [3.8, 4) is 0 Å². The lowest BCUT2D eigenvalue weighted by molar-refractivity contribution is 0.188. The summed E-state index contributed by atoms with van der Waals surface area (Å²) in [7, 11) is 0. The maximum absolute atomic E-state index is 9.70. The van der Waals surface area contributed by atoms with Gasteiger partial charge in [0.1, 0.15) is 0 Å². The zero-order valence-electron chi connectivity index (χ0n) is 8.44. The Kier molecular flexibility index (Phi) is 3.14. The van der Waals surface area contributed by atoms with E-state index < -0.39 is 0 Å². The molecule has 2 atom stereocenters. The normalized spacial score (nSPS) is 26.7. The highest BCUT2D eigenvalue weighted by Gasteiger charge is 2.25. The average Bonchev–Trinajstić information content (AvgIpc) is 2.52. The quantitative estimate of drug-likeness (QED) is 0.806. The van der Waals surface area contributed by atoms with Crippen LogP contribution in [0.15, 0.2) is 29.2 Å². The molecule has 0 bridgehead atoms. The van der Waals surface area contributed by atoms with Crippen molar-refractivity contribution in [1.29, 1.82) is 0 Å². The predicted molar refractivity (Wildman–Crippen MR) is 60.7 cm³/mol. The molecule has 2 rings (SSSR count). The largest absolute Gasteiger partial charge is 0.392 e. The van der Waals surface area contributed by atoms with E-state index >= 15 is 0 Å². The van der Waals surface area contributed by atoms with Gasteiger partial charge in [-0.25, -0.2) is 0 Å². The first-order chi connectivity index (χ1) is 6.75. The average molecular weight is 208 g/mol. The Hall–Kier alpha value is -0.470. The Bertz CT molecular complexity index is 311. The number of thioether (sulfide) groups is 1. The second-order valence-corrected chi connectivity index (χ2v) is 5.28. The molecule has 0 aromatic heterocycles. The first-order valence-corrected chi connectivity index (χ1v) is 6.05. The molecule has 1 aliphatic rings. The number of aryl methyl sites for hydroxylation is 1. The third-order valence-corrected chi connectivity index (χ3v) is 4.07. The highest BCUT2D eigenvalue weighted by Crippen LogP contribution is 2.35. The van der Waals surface area contributed by atoms with E-state index in [0.29, 0.717) is 5.25 Å². The van der Waals surface area contributed by atoms with Gasteiger partial charge in [0.2, 0.25) is 0 Å². The van der Waals surface area contributed by atoms with Crippen LogP contribution < -0.4 is 0 Å². The van der Waals surface area contributed by atoms with Crippen LogP contribution in [0.4, 0.5) is 0 Å². The lowest BCUT2D eigenvalue weighted by Crippen LogP contribution is -2.14. The number of rotatable bonds is 2. The highest BCUT2D eigenvalue weighted by atomic mass is 32.2. The van der Waals surface area contributed by atoms with Gasteiger partial charge in [-0.1, -0.05) is 17.7 Å². The monoisotopic (exact) mass is 208 g/mol. The molecule has 1 N–H and O–H groups in total. The summed E-state index contributed by atoms with van der Waals surface area (Å²) in [5.41, 5.74) is 1.29. The molecule has 14 heavy (non-hydrogen) atoms. The molecule has 2 unspecified atom stereocenters. The van der Waals surface area contributed by atoms with Crippen LogP contribution in [-0.4, -0.2) is 16.5 Å². The summed E-state index contributed by atoms with van der Waals surface area (Å²) in [6.07, 6.45) is 3.20. The molecule has 0 radical (unpaired) electrons. The van der Waals surface area contributed by atoms with Gasteiger partial charge in [0.15, 0.2) is 0 Å². The van der Waals surface area contributed by atoms with Crippen molar-refractivity contribution in [1.82, 2.24) is 0 Å². The number of aliphatic hydroxyl groups excluding tert-OH is 1. The van der Waals surface area contributed by atoms with Crippen LogP contribution in [0.1, 0.15) is 24.8 Å².